The highest BCUT2D eigenvalue weighted by molar-refractivity contribution is 7.09. The minimum Gasteiger partial charge on any atom is -0.493 e. The van der Waals surface area contributed by atoms with Crippen LogP contribution in [0.25, 0.3) is 0 Å². The van der Waals surface area contributed by atoms with Gasteiger partial charge in [0.15, 0.2) is 0 Å². The number of nitrogens with one attached hydrogen (secondary N) is 1. The zero-order chi connectivity index (χ0) is 13.7. The van der Waals surface area contributed by atoms with Gasteiger partial charge in [-0.05, 0) is 38.1 Å². The van der Waals surface area contributed by atoms with Gasteiger partial charge in [-0.25, -0.2) is 4.98 Å². The summed E-state index contributed by atoms with van der Waals surface area (Å²) >= 11 is 1.70. The van der Waals surface area contributed by atoms with Crippen LogP contribution >= 0.6 is 11.3 Å². The Kier molecular flexibility index (Phi) is 4.93. The second kappa shape index (κ2) is 6.68. The lowest BCUT2D eigenvalue weighted by molar-refractivity contribution is 0.319. The highest BCUT2D eigenvalue weighted by Crippen LogP contribution is 2.21. The van der Waals surface area contributed by atoms with E-state index in [0.29, 0.717) is 6.61 Å². The van der Waals surface area contributed by atoms with Gasteiger partial charge in [0.25, 0.3) is 0 Å². The summed E-state index contributed by atoms with van der Waals surface area (Å²) in [5, 5.41) is 6.34. The zero-order valence-electron chi connectivity index (χ0n) is 11.7. The average molecular weight is 276 g/mol. The van der Waals surface area contributed by atoms with Crippen molar-refractivity contribution in [3.8, 4) is 5.75 Å². The molecular weight excluding hydrogens is 256 g/mol. The number of ether oxygens (including phenoxy) is 1. The fourth-order valence-corrected chi connectivity index (χ4v) is 2.63. The first-order chi connectivity index (χ1) is 9.20. The lowest BCUT2D eigenvalue weighted by Gasteiger charge is -2.09. The van der Waals surface area contributed by atoms with Crippen LogP contribution in [-0.2, 0) is 13.0 Å². The molecule has 0 unspecified atom stereocenters. The van der Waals surface area contributed by atoms with Gasteiger partial charge in [0, 0.05) is 18.3 Å². The number of nitrogens with zero attached hydrogens (tertiary/aromatic N) is 1. The molecule has 2 aromatic rings. The summed E-state index contributed by atoms with van der Waals surface area (Å²) in [5.74, 6) is 0.979. The van der Waals surface area contributed by atoms with Gasteiger partial charge in [0.1, 0.15) is 5.75 Å². The van der Waals surface area contributed by atoms with Gasteiger partial charge in [-0.3, -0.25) is 0 Å². The second-order valence-corrected chi connectivity index (χ2v) is 5.50. The summed E-state index contributed by atoms with van der Waals surface area (Å²) in [6, 6.07) is 6.16. The molecule has 0 saturated carbocycles. The second-order valence-electron chi connectivity index (χ2n) is 4.56. The Balaban J connectivity index is 1.87. The Morgan fingerprint density at radius 1 is 1.32 bits per heavy atom. The van der Waals surface area contributed by atoms with Crippen LogP contribution in [0.2, 0.25) is 0 Å². The zero-order valence-corrected chi connectivity index (χ0v) is 12.5. The lowest BCUT2D eigenvalue weighted by atomic mass is 10.1. The highest BCUT2D eigenvalue weighted by atomic mass is 32.1. The van der Waals surface area contributed by atoms with Crippen LogP contribution in [-0.4, -0.2) is 18.6 Å². The molecule has 1 aromatic carbocycles. The molecule has 1 N–H and O–H groups in total. The summed E-state index contributed by atoms with van der Waals surface area (Å²) in [6.45, 7) is 5.71. The first kappa shape index (κ1) is 14.0. The standard InChI is InChI=1S/C15H20N2OS/c1-11-5-4-6-14(12(11)2)18-8-7-15-17-13(9-16-3)10-19-15/h4-6,10,16H,7-9H2,1-3H3. The van der Waals surface area contributed by atoms with Gasteiger partial charge in [-0.1, -0.05) is 12.1 Å². The minimum atomic E-state index is 0.677. The molecule has 0 spiro atoms. The smallest absolute Gasteiger partial charge is 0.122 e. The Morgan fingerprint density at radius 3 is 2.95 bits per heavy atom. The maximum absolute atomic E-state index is 5.84. The monoisotopic (exact) mass is 276 g/mol. The van der Waals surface area contributed by atoms with Crippen molar-refractivity contribution in [1.82, 2.24) is 10.3 Å². The van der Waals surface area contributed by atoms with Crippen molar-refractivity contribution in [2.45, 2.75) is 26.8 Å². The van der Waals surface area contributed by atoms with Gasteiger partial charge < -0.3 is 10.1 Å². The van der Waals surface area contributed by atoms with Crippen LogP contribution in [0.5, 0.6) is 5.75 Å². The van der Waals surface area contributed by atoms with E-state index in [9.17, 15) is 0 Å². The van der Waals surface area contributed by atoms with Crippen molar-refractivity contribution >= 4 is 11.3 Å². The van der Waals surface area contributed by atoms with E-state index in [4.69, 9.17) is 4.74 Å². The molecule has 102 valence electrons. The van der Waals surface area contributed by atoms with E-state index < -0.39 is 0 Å². The molecule has 0 bridgehead atoms. The molecule has 0 amide bonds. The number of benzene rings is 1. The largest absolute Gasteiger partial charge is 0.493 e. The molecule has 0 atom stereocenters. The van der Waals surface area contributed by atoms with Crippen LogP contribution in [0.1, 0.15) is 21.8 Å². The van der Waals surface area contributed by atoms with Crippen LogP contribution in [0, 0.1) is 13.8 Å². The number of thiazole rings is 1. The van der Waals surface area contributed by atoms with Gasteiger partial charge in [0.2, 0.25) is 0 Å². The Labute approximate surface area is 118 Å². The molecule has 0 aliphatic heterocycles. The van der Waals surface area contributed by atoms with E-state index in [-0.39, 0.29) is 0 Å². The van der Waals surface area contributed by atoms with E-state index in [1.165, 1.54) is 11.1 Å². The molecule has 19 heavy (non-hydrogen) atoms. The molecule has 0 fully saturated rings. The number of hydrogen-bond donors (Lipinski definition) is 1. The van der Waals surface area contributed by atoms with Gasteiger partial charge >= 0.3 is 0 Å². The first-order valence-electron chi connectivity index (χ1n) is 6.47. The normalized spacial score (nSPS) is 10.7. The summed E-state index contributed by atoms with van der Waals surface area (Å²) in [5.41, 5.74) is 3.59. The quantitative estimate of drug-likeness (QED) is 0.880. The van der Waals surface area contributed by atoms with Crippen molar-refractivity contribution in [2.75, 3.05) is 13.7 Å². The molecule has 2 rings (SSSR count). The summed E-state index contributed by atoms with van der Waals surface area (Å²) in [7, 11) is 1.93. The third kappa shape index (κ3) is 3.78. The van der Waals surface area contributed by atoms with E-state index in [0.717, 1.165) is 29.4 Å². The van der Waals surface area contributed by atoms with E-state index in [2.05, 4.69) is 35.6 Å². The van der Waals surface area contributed by atoms with Crippen LogP contribution in [0.3, 0.4) is 0 Å². The third-order valence-electron chi connectivity index (χ3n) is 3.09. The predicted octanol–water partition coefficient (Wildman–Crippen LogP) is 3.10. The van der Waals surface area contributed by atoms with Crippen molar-refractivity contribution in [1.29, 1.82) is 0 Å². The number of aryl methyl sites for hydroxylation is 1. The van der Waals surface area contributed by atoms with Crippen LogP contribution < -0.4 is 10.1 Å². The molecule has 4 heteroatoms. The minimum absolute atomic E-state index is 0.677. The van der Waals surface area contributed by atoms with Gasteiger partial charge in [-0.2, -0.15) is 0 Å². The average Bonchev–Trinajstić information content (AvgIpc) is 2.83. The van der Waals surface area contributed by atoms with E-state index in [1.807, 2.05) is 19.2 Å². The molecule has 0 aliphatic carbocycles. The molecule has 3 nitrogen and oxygen atoms in total. The fraction of sp³-hybridized carbons (Fsp3) is 0.400. The maximum atomic E-state index is 5.84. The van der Waals surface area contributed by atoms with E-state index in [1.54, 1.807) is 11.3 Å². The third-order valence-corrected chi connectivity index (χ3v) is 4.04. The molecule has 0 aliphatic rings. The van der Waals surface area contributed by atoms with E-state index >= 15 is 0 Å². The molecule has 1 heterocycles. The predicted molar refractivity (Wildman–Crippen MR) is 80.0 cm³/mol. The summed E-state index contributed by atoms with van der Waals surface area (Å²) < 4.78 is 5.84. The highest BCUT2D eigenvalue weighted by Gasteiger charge is 2.04. The Hall–Kier alpha value is -1.39. The molecule has 0 radical (unpaired) electrons. The fourth-order valence-electron chi connectivity index (χ4n) is 1.85. The van der Waals surface area contributed by atoms with Crippen LogP contribution in [0.4, 0.5) is 0 Å². The summed E-state index contributed by atoms with van der Waals surface area (Å²) in [6.07, 6.45) is 0.863. The SMILES string of the molecule is CNCc1csc(CCOc2cccc(C)c2C)n1. The molecule has 1 aromatic heterocycles. The topological polar surface area (TPSA) is 34.1 Å². The first-order valence-corrected chi connectivity index (χ1v) is 7.35. The summed E-state index contributed by atoms with van der Waals surface area (Å²) in [4.78, 5) is 4.55. The lowest BCUT2D eigenvalue weighted by Crippen LogP contribution is -2.06. The Bertz CT molecular complexity index is 537. The number of rotatable bonds is 6. The number of aromatic nitrogens is 1. The van der Waals surface area contributed by atoms with Gasteiger partial charge in [0.05, 0.1) is 17.3 Å². The molecule has 0 saturated heterocycles. The Morgan fingerprint density at radius 2 is 2.16 bits per heavy atom. The van der Waals surface area contributed by atoms with Crippen molar-refractivity contribution < 1.29 is 4.74 Å². The van der Waals surface area contributed by atoms with Crippen molar-refractivity contribution in [3.05, 3.63) is 45.4 Å². The molecular formula is C15H20N2OS. The number of hydrogen-bond acceptors (Lipinski definition) is 4. The van der Waals surface area contributed by atoms with Crippen molar-refractivity contribution in [2.24, 2.45) is 0 Å². The van der Waals surface area contributed by atoms with Crippen LogP contribution in [0.15, 0.2) is 23.6 Å². The van der Waals surface area contributed by atoms with Gasteiger partial charge in [-0.15, -0.1) is 11.3 Å². The maximum Gasteiger partial charge on any atom is 0.122 e. The van der Waals surface area contributed by atoms with Crippen molar-refractivity contribution in [3.63, 3.8) is 0 Å².